The standard InChI is InChI=1S/C47H47ClF3N5O6S3/c48-36-14-10-33(11-15-36)41-8-4-5-9-42(41)43(31-52)34-20-24-56(25-21-34)38-16-12-35(13-17-38)46(57)54-65(60,61)40-18-19-44(45(30-40)64(58,59)47(49,50)51)53-37(22-23-55-26-28-62-29-27-55)32-63-39-6-2-1-3-7-39/h1-19,30,34,37,43,53H,20-29,32H2,(H,54,57)/t37-,43-/m0/s1. The molecule has 7 rings (SSSR count). The Labute approximate surface area is 386 Å². The minimum absolute atomic E-state index is 0.0454. The van der Waals surface area contributed by atoms with Crippen molar-refractivity contribution in [1.29, 1.82) is 5.26 Å². The summed E-state index contributed by atoms with van der Waals surface area (Å²) in [4.78, 5) is 16.4. The van der Waals surface area contributed by atoms with Gasteiger partial charge in [0.05, 0.1) is 35.8 Å². The molecule has 11 nitrogen and oxygen atoms in total. The minimum Gasteiger partial charge on any atom is -0.380 e. The van der Waals surface area contributed by atoms with Crippen LogP contribution >= 0.6 is 23.4 Å². The van der Waals surface area contributed by atoms with E-state index in [4.69, 9.17) is 16.3 Å². The van der Waals surface area contributed by atoms with Crippen LogP contribution in [0.15, 0.2) is 136 Å². The maximum Gasteiger partial charge on any atom is 0.501 e. The van der Waals surface area contributed by atoms with E-state index in [9.17, 15) is 40.1 Å². The van der Waals surface area contributed by atoms with E-state index in [-0.39, 0.29) is 17.4 Å². The highest BCUT2D eigenvalue weighted by Gasteiger charge is 2.48. The van der Waals surface area contributed by atoms with Crippen molar-refractivity contribution in [2.45, 2.75) is 51.4 Å². The zero-order valence-electron chi connectivity index (χ0n) is 35.1. The summed E-state index contributed by atoms with van der Waals surface area (Å²) in [5, 5.41) is 14.0. The minimum atomic E-state index is -6.07. The Morgan fingerprint density at radius 3 is 2.18 bits per heavy atom. The summed E-state index contributed by atoms with van der Waals surface area (Å²) in [6.07, 6.45) is 1.87. The number of rotatable bonds is 16. The Kier molecular flexibility index (Phi) is 15.5. The maximum atomic E-state index is 14.2. The molecular formula is C47H47ClF3N5O6S3. The van der Waals surface area contributed by atoms with Gasteiger partial charge < -0.3 is 15.0 Å². The molecule has 18 heteroatoms. The molecule has 2 fully saturated rings. The maximum absolute atomic E-state index is 14.2. The van der Waals surface area contributed by atoms with Gasteiger partial charge in [0.15, 0.2) is 0 Å². The molecule has 2 aliphatic rings. The van der Waals surface area contributed by atoms with E-state index in [1.807, 2.05) is 83.6 Å². The number of nitrogens with zero attached hydrogens (tertiary/aromatic N) is 3. The summed E-state index contributed by atoms with van der Waals surface area (Å²) in [5.41, 5.74) is -2.55. The van der Waals surface area contributed by atoms with Gasteiger partial charge in [-0.15, -0.1) is 11.8 Å². The number of carbonyl (C=O) groups excluding carboxylic acids is 1. The molecule has 2 N–H and O–H groups in total. The zero-order valence-corrected chi connectivity index (χ0v) is 38.3. The highest BCUT2D eigenvalue weighted by molar-refractivity contribution is 7.99. The Hall–Kier alpha value is -5.09. The van der Waals surface area contributed by atoms with Gasteiger partial charge in [-0.25, -0.2) is 21.6 Å². The Bertz CT molecular complexity index is 2690. The second kappa shape index (κ2) is 21.0. The number of halogens is 4. The highest BCUT2D eigenvalue weighted by Crippen LogP contribution is 2.40. The first-order chi connectivity index (χ1) is 31.1. The molecule has 0 unspecified atom stereocenters. The van der Waals surface area contributed by atoms with Crippen LogP contribution in [0, 0.1) is 17.2 Å². The number of piperidine rings is 1. The molecule has 65 heavy (non-hydrogen) atoms. The Morgan fingerprint density at radius 1 is 0.862 bits per heavy atom. The number of alkyl halides is 3. The van der Waals surface area contributed by atoms with Crippen molar-refractivity contribution in [3.8, 4) is 17.2 Å². The Morgan fingerprint density at radius 2 is 1.52 bits per heavy atom. The molecular weight excluding hydrogens is 919 g/mol. The summed E-state index contributed by atoms with van der Waals surface area (Å²) in [6.45, 7) is 4.22. The summed E-state index contributed by atoms with van der Waals surface area (Å²) >= 11 is 7.56. The number of hydrogen-bond donors (Lipinski definition) is 2. The van der Waals surface area contributed by atoms with Crippen LogP contribution in [0.2, 0.25) is 5.02 Å². The number of anilines is 2. The van der Waals surface area contributed by atoms with Crippen LogP contribution < -0.4 is 14.9 Å². The van der Waals surface area contributed by atoms with E-state index in [2.05, 4.69) is 21.2 Å². The topological polar surface area (TPSA) is 149 Å². The smallest absolute Gasteiger partial charge is 0.380 e. The van der Waals surface area contributed by atoms with Crippen molar-refractivity contribution in [3.63, 3.8) is 0 Å². The first-order valence-corrected chi connectivity index (χ1v) is 25.3. The van der Waals surface area contributed by atoms with Gasteiger partial charge >= 0.3 is 5.51 Å². The van der Waals surface area contributed by atoms with Crippen molar-refractivity contribution in [3.05, 3.63) is 137 Å². The van der Waals surface area contributed by atoms with Crippen LogP contribution in [0.5, 0.6) is 0 Å². The lowest BCUT2D eigenvalue weighted by Crippen LogP contribution is -2.39. The van der Waals surface area contributed by atoms with E-state index in [0.29, 0.717) is 69.2 Å². The molecule has 5 aromatic carbocycles. The molecule has 0 radical (unpaired) electrons. The molecule has 5 aromatic rings. The van der Waals surface area contributed by atoms with Gasteiger partial charge in [-0.2, -0.15) is 18.4 Å². The number of ether oxygens (including phenoxy) is 1. The molecule has 0 saturated carbocycles. The van der Waals surface area contributed by atoms with Crippen LogP contribution in [0.25, 0.3) is 11.1 Å². The summed E-state index contributed by atoms with van der Waals surface area (Å²) in [6, 6.07) is 35.3. The second-order valence-electron chi connectivity index (χ2n) is 15.8. The monoisotopic (exact) mass is 965 g/mol. The van der Waals surface area contributed by atoms with Gasteiger partial charge in [0.25, 0.3) is 25.8 Å². The molecule has 2 heterocycles. The SMILES string of the molecule is N#C[C@H](c1ccccc1-c1ccc(Cl)cc1)C1CCN(c2ccc(C(=O)NS(=O)(=O)c3ccc(N[C@@H](CCN4CCOCC4)CSc4ccccc4)c(S(=O)(=O)C(F)(F)F)c3)cc2)CC1. The van der Waals surface area contributed by atoms with E-state index in [1.165, 1.54) is 23.9 Å². The molecule has 0 aromatic heterocycles. The lowest BCUT2D eigenvalue weighted by atomic mass is 9.78. The van der Waals surface area contributed by atoms with Crippen molar-refractivity contribution in [1.82, 2.24) is 9.62 Å². The van der Waals surface area contributed by atoms with Crippen LogP contribution in [0.4, 0.5) is 24.5 Å². The largest absolute Gasteiger partial charge is 0.501 e. The molecule has 2 saturated heterocycles. The third kappa shape index (κ3) is 11.8. The number of benzene rings is 5. The van der Waals surface area contributed by atoms with Gasteiger partial charge in [0.1, 0.15) is 4.90 Å². The number of hydrogen-bond acceptors (Lipinski definition) is 11. The van der Waals surface area contributed by atoms with Crippen LogP contribution in [0.1, 0.15) is 41.1 Å². The molecule has 2 aliphatic heterocycles. The second-order valence-corrected chi connectivity index (χ2v) is 20.9. The molecule has 1 amide bonds. The van der Waals surface area contributed by atoms with Gasteiger partial charge in [-0.1, -0.05) is 66.2 Å². The number of thioether (sulfide) groups is 1. The van der Waals surface area contributed by atoms with Crippen molar-refractivity contribution >= 4 is 60.5 Å². The average molecular weight is 967 g/mol. The molecule has 0 aliphatic carbocycles. The van der Waals surface area contributed by atoms with Crippen LogP contribution in [-0.2, 0) is 24.6 Å². The number of carbonyl (C=O) groups is 1. The molecule has 2 atom stereocenters. The van der Waals surface area contributed by atoms with Gasteiger partial charge in [0, 0.05) is 65.7 Å². The van der Waals surface area contributed by atoms with Crippen LogP contribution in [-0.4, -0.2) is 90.9 Å². The lowest BCUT2D eigenvalue weighted by Gasteiger charge is -2.36. The van der Waals surface area contributed by atoms with Gasteiger partial charge in [-0.3, -0.25) is 9.69 Å². The summed E-state index contributed by atoms with van der Waals surface area (Å²) < 4.78 is 103. The number of sulfone groups is 1. The van der Waals surface area contributed by atoms with Gasteiger partial charge in [-0.05, 0) is 109 Å². The van der Waals surface area contributed by atoms with Crippen LogP contribution in [0.3, 0.4) is 0 Å². The van der Waals surface area contributed by atoms with E-state index < -0.39 is 52.8 Å². The predicted molar refractivity (Wildman–Crippen MR) is 247 cm³/mol. The molecule has 0 bridgehead atoms. The lowest BCUT2D eigenvalue weighted by molar-refractivity contribution is -0.0435. The van der Waals surface area contributed by atoms with Crippen molar-refractivity contribution in [2.75, 3.05) is 61.9 Å². The normalized spacial score (nSPS) is 16.3. The highest BCUT2D eigenvalue weighted by atomic mass is 35.5. The number of nitriles is 1. The summed E-state index contributed by atoms with van der Waals surface area (Å²) in [5.74, 6) is -0.970. The van der Waals surface area contributed by atoms with E-state index in [0.717, 1.165) is 52.2 Å². The molecule has 342 valence electrons. The first kappa shape index (κ1) is 47.9. The molecule has 0 spiro atoms. The van der Waals surface area contributed by atoms with E-state index >= 15 is 0 Å². The number of sulfonamides is 1. The quantitative estimate of drug-likeness (QED) is 0.0912. The van der Waals surface area contributed by atoms with E-state index in [1.54, 1.807) is 12.1 Å². The third-order valence-electron chi connectivity index (χ3n) is 11.6. The average Bonchev–Trinajstić information content (AvgIpc) is 3.31. The van der Waals surface area contributed by atoms with Crippen molar-refractivity contribution < 1.29 is 39.5 Å². The fraction of sp³-hybridized carbons (Fsp3) is 0.319. The third-order valence-corrected chi connectivity index (χ3v) is 15.9. The zero-order chi connectivity index (χ0) is 46.2. The Balaban J connectivity index is 1.03. The fourth-order valence-electron chi connectivity index (χ4n) is 8.07. The predicted octanol–water partition coefficient (Wildman–Crippen LogP) is 9.24. The van der Waals surface area contributed by atoms with Crippen molar-refractivity contribution in [2.24, 2.45) is 5.92 Å². The number of amides is 1. The number of morpholine rings is 1. The first-order valence-electron chi connectivity index (χ1n) is 21.0. The fourth-order valence-corrected chi connectivity index (χ4v) is 11.2. The summed E-state index contributed by atoms with van der Waals surface area (Å²) in [7, 11) is -10.9. The number of nitrogens with one attached hydrogen (secondary N) is 2. The van der Waals surface area contributed by atoms with Gasteiger partial charge in [0.2, 0.25) is 0 Å².